The Hall–Kier alpha value is -1.02. The first kappa shape index (κ1) is 14.9. The molecule has 1 aliphatic heterocycles. The highest BCUT2D eigenvalue weighted by Crippen LogP contribution is 2.40. The molecule has 2 aliphatic rings. The van der Waals surface area contributed by atoms with Gasteiger partial charge in [-0.2, -0.15) is 0 Å². The van der Waals surface area contributed by atoms with Crippen molar-refractivity contribution in [1.29, 1.82) is 0 Å². The van der Waals surface area contributed by atoms with Crippen molar-refractivity contribution in [2.45, 2.75) is 70.3 Å². The van der Waals surface area contributed by atoms with E-state index < -0.39 is 0 Å². The Labute approximate surface area is 129 Å². The molecule has 1 fully saturated rings. The summed E-state index contributed by atoms with van der Waals surface area (Å²) in [5, 5.41) is 0. The zero-order chi connectivity index (χ0) is 14.9. The van der Waals surface area contributed by atoms with E-state index in [1.807, 2.05) is 0 Å². The summed E-state index contributed by atoms with van der Waals surface area (Å²) in [6.45, 7) is 5.27. The van der Waals surface area contributed by atoms with E-state index in [9.17, 15) is 0 Å². The topological polar surface area (TPSA) is 35.2 Å². The zero-order valence-corrected chi connectivity index (χ0v) is 13.5. The van der Waals surface area contributed by atoms with Crippen LogP contribution >= 0.6 is 0 Å². The van der Waals surface area contributed by atoms with E-state index in [2.05, 4.69) is 32.0 Å². The molecule has 0 aromatic heterocycles. The van der Waals surface area contributed by atoms with Crippen molar-refractivity contribution in [2.75, 3.05) is 6.61 Å². The van der Waals surface area contributed by atoms with Crippen molar-refractivity contribution >= 4 is 0 Å². The zero-order valence-electron chi connectivity index (χ0n) is 13.5. The normalized spacial score (nSPS) is 22.6. The Balaban J connectivity index is 1.63. The summed E-state index contributed by atoms with van der Waals surface area (Å²) in [6.07, 6.45) is 9.51. The second-order valence-electron chi connectivity index (χ2n) is 7.62. The van der Waals surface area contributed by atoms with Gasteiger partial charge in [-0.25, -0.2) is 0 Å². The molecule has 1 atom stereocenters. The van der Waals surface area contributed by atoms with Gasteiger partial charge in [0.15, 0.2) is 0 Å². The molecule has 0 radical (unpaired) electrons. The summed E-state index contributed by atoms with van der Waals surface area (Å²) in [7, 11) is 0. The lowest BCUT2D eigenvalue weighted by Gasteiger charge is -2.23. The quantitative estimate of drug-likeness (QED) is 0.870. The van der Waals surface area contributed by atoms with E-state index in [1.54, 1.807) is 0 Å². The van der Waals surface area contributed by atoms with E-state index >= 15 is 0 Å². The number of ether oxygens (including phenoxy) is 1. The van der Waals surface area contributed by atoms with Crippen LogP contribution in [-0.2, 0) is 5.41 Å². The number of rotatable bonds is 4. The smallest absolute Gasteiger partial charge is 0.123 e. The fourth-order valence-corrected chi connectivity index (χ4v) is 3.83. The van der Waals surface area contributed by atoms with Gasteiger partial charge in [-0.15, -0.1) is 0 Å². The molecule has 1 aromatic carbocycles. The van der Waals surface area contributed by atoms with Gasteiger partial charge in [0.2, 0.25) is 0 Å². The highest BCUT2D eigenvalue weighted by Gasteiger charge is 2.32. The average molecular weight is 287 g/mol. The number of nitrogens with two attached hydrogens (primary N) is 1. The minimum atomic E-state index is 0.119. The van der Waals surface area contributed by atoms with Crippen LogP contribution in [0.5, 0.6) is 5.75 Å². The van der Waals surface area contributed by atoms with Crippen molar-refractivity contribution in [3.63, 3.8) is 0 Å². The van der Waals surface area contributed by atoms with Gasteiger partial charge < -0.3 is 10.5 Å². The first-order chi connectivity index (χ1) is 10.1. The molecule has 1 unspecified atom stereocenters. The predicted octanol–water partition coefficient (Wildman–Crippen LogP) is 4.72. The lowest BCUT2D eigenvalue weighted by Crippen LogP contribution is -2.19. The van der Waals surface area contributed by atoms with Crippen LogP contribution in [0.25, 0.3) is 0 Å². The molecule has 0 saturated heterocycles. The van der Waals surface area contributed by atoms with E-state index in [0.717, 1.165) is 24.7 Å². The summed E-state index contributed by atoms with van der Waals surface area (Å²) in [5.74, 6) is 1.96. The standard InChI is InChI=1S/C19H29NO/c1-19(2)13-21-18-11-9-15(12-16(18)19)17(20)10-8-14-6-4-3-5-7-14/h9,11-12,14,17H,3-8,10,13,20H2,1-2H3. The minimum absolute atomic E-state index is 0.119. The van der Waals surface area contributed by atoms with E-state index in [4.69, 9.17) is 10.5 Å². The predicted molar refractivity (Wildman–Crippen MR) is 87.7 cm³/mol. The maximum atomic E-state index is 6.45. The molecular formula is C19H29NO. The third-order valence-corrected chi connectivity index (χ3v) is 5.36. The summed E-state index contributed by atoms with van der Waals surface area (Å²) in [5.41, 5.74) is 9.18. The van der Waals surface area contributed by atoms with Crippen LogP contribution in [0.3, 0.4) is 0 Å². The van der Waals surface area contributed by atoms with E-state index in [1.165, 1.54) is 49.7 Å². The van der Waals surface area contributed by atoms with Gasteiger partial charge in [0.1, 0.15) is 5.75 Å². The third kappa shape index (κ3) is 3.26. The molecule has 0 spiro atoms. The van der Waals surface area contributed by atoms with Gasteiger partial charge in [-0.3, -0.25) is 0 Å². The van der Waals surface area contributed by atoms with Crippen LogP contribution in [0.4, 0.5) is 0 Å². The van der Waals surface area contributed by atoms with Crippen LogP contribution in [0.15, 0.2) is 18.2 Å². The van der Waals surface area contributed by atoms with Gasteiger partial charge in [0, 0.05) is 17.0 Å². The van der Waals surface area contributed by atoms with Crippen molar-refractivity contribution in [3.8, 4) is 5.75 Å². The molecular weight excluding hydrogens is 258 g/mol. The molecule has 0 bridgehead atoms. The maximum Gasteiger partial charge on any atom is 0.123 e. The van der Waals surface area contributed by atoms with Crippen LogP contribution < -0.4 is 10.5 Å². The highest BCUT2D eigenvalue weighted by molar-refractivity contribution is 5.45. The second kappa shape index (κ2) is 6.00. The average Bonchev–Trinajstić information content (AvgIpc) is 2.81. The Morgan fingerprint density at radius 2 is 2.00 bits per heavy atom. The molecule has 1 aliphatic carbocycles. The summed E-state index contributed by atoms with van der Waals surface area (Å²) in [6, 6.07) is 6.73. The largest absolute Gasteiger partial charge is 0.492 e. The Bertz CT molecular complexity index is 488. The summed E-state index contributed by atoms with van der Waals surface area (Å²) < 4.78 is 5.76. The van der Waals surface area contributed by atoms with Gasteiger partial charge in [0.25, 0.3) is 0 Å². The van der Waals surface area contributed by atoms with Gasteiger partial charge in [-0.05, 0) is 36.5 Å². The van der Waals surface area contributed by atoms with Crippen molar-refractivity contribution < 1.29 is 4.74 Å². The molecule has 2 nitrogen and oxygen atoms in total. The van der Waals surface area contributed by atoms with Crippen LogP contribution in [0.2, 0.25) is 0 Å². The molecule has 1 heterocycles. The van der Waals surface area contributed by atoms with Gasteiger partial charge in [-0.1, -0.05) is 52.0 Å². The fourth-order valence-electron chi connectivity index (χ4n) is 3.83. The summed E-state index contributed by atoms with van der Waals surface area (Å²) in [4.78, 5) is 0. The number of benzene rings is 1. The van der Waals surface area contributed by atoms with Crippen LogP contribution in [0.1, 0.15) is 76.0 Å². The molecule has 116 valence electrons. The van der Waals surface area contributed by atoms with E-state index in [-0.39, 0.29) is 11.5 Å². The molecule has 3 rings (SSSR count). The summed E-state index contributed by atoms with van der Waals surface area (Å²) >= 11 is 0. The molecule has 2 heteroatoms. The monoisotopic (exact) mass is 287 g/mol. The van der Waals surface area contributed by atoms with Crippen LogP contribution in [0, 0.1) is 5.92 Å². The molecule has 21 heavy (non-hydrogen) atoms. The Morgan fingerprint density at radius 1 is 1.24 bits per heavy atom. The molecule has 0 amide bonds. The van der Waals surface area contributed by atoms with Crippen molar-refractivity contribution in [2.24, 2.45) is 11.7 Å². The number of fused-ring (bicyclic) bond motifs is 1. The minimum Gasteiger partial charge on any atom is -0.492 e. The first-order valence-electron chi connectivity index (χ1n) is 8.59. The van der Waals surface area contributed by atoms with Crippen LogP contribution in [-0.4, -0.2) is 6.61 Å². The fraction of sp³-hybridized carbons (Fsp3) is 0.684. The van der Waals surface area contributed by atoms with Crippen molar-refractivity contribution in [1.82, 2.24) is 0 Å². The molecule has 2 N–H and O–H groups in total. The third-order valence-electron chi connectivity index (χ3n) is 5.36. The first-order valence-corrected chi connectivity index (χ1v) is 8.59. The number of hydrogen-bond acceptors (Lipinski definition) is 2. The van der Waals surface area contributed by atoms with E-state index in [0.29, 0.717) is 0 Å². The van der Waals surface area contributed by atoms with Crippen molar-refractivity contribution in [3.05, 3.63) is 29.3 Å². The number of hydrogen-bond donors (Lipinski definition) is 1. The second-order valence-corrected chi connectivity index (χ2v) is 7.62. The SMILES string of the molecule is CC1(C)COc2ccc(C(N)CCC3CCCCC3)cc21. The van der Waals surface area contributed by atoms with Gasteiger partial charge in [0.05, 0.1) is 6.61 Å². The highest BCUT2D eigenvalue weighted by atomic mass is 16.5. The molecule has 1 aromatic rings. The maximum absolute atomic E-state index is 6.45. The molecule has 1 saturated carbocycles. The van der Waals surface area contributed by atoms with Gasteiger partial charge >= 0.3 is 0 Å². The Kier molecular flexibility index (Phi) is 4.26. The lowest BCUT2D eigenvalue weighted by atomic mass is 9.83. The Morgan fingerprint density at radius 3 is 2.76 bits per heavy atom. The lowest BCUT2D eigenvalue weighted by molar-refractivity contribution is 0.291.